The molecule has 3 N–H and O–H groups in total. The minimum absolute atomic E-state index is 0.171. The number of nitrogens with zero attached hydrogens (tertiary/aromatic N) is 1. The molecule has 5 heteroatoms. The summed E-state index contributed by atoms with van der Waals surface area (Å²) in [7, 11) is 0. The fourth-order valence-electron chi connectivity index (χ4n) is 2.27. The highest BCUT2D eigenvalue weighted by Gasteiger charge is 2.08. The standard InChI is InChI=1S/C16H14FN3O/c17-11-4-6-12(7-5-11)19-16(21)10-20-9-8-13-14(18)2-1-3-15(13)20/h1-9H,10,18H2,(H,19,21). The summed E-state index contributed by atoms with van der Waals surface area (Å²) in [6, 6.07) is 13.1. The minimum atomic E-state index is -0.333. The Kier molecular flexibility index (Phi) is 3.31. The third-order valence-electron chi connectivity index (χ3n) is 3.29. The first-order chi connectivity index (χ1) is 10.1. The molecule has 0 aliphatic carbocycles. The molecule has 4 nitrogen and oxygen atoms in total. The first kappa shape index (κ1) is 13.2. The number of anilines is 2. The van der Waals surface area contributed by atoms with Crippen LogP contribution in [0.15, 0.2) is 54.7 Å². The lowest BCUT2D eigenvalue weighted by atomic mass is 10.2. The zero-order chi connectivity index (χ0) is 14.8. The second-order valence-corrected chi connectivity index (χ2v) is 4.78. The number of rotatable bonds is 3. The van der Waals surface area contributed by atoms with Gasteiger partial charge >= 0.3 is 0 Å². The maximum atomic E-state index is 12.8. The quantitative estimate of drug-likeness (QED) is 0.726. The van der Waals surface area contributed by atoms with Crippen molar-refractivity contribution in [2.24, 2.45) is 0 Å². The topological polar surface area (TPSA) is 60.0 Å². The van der Waals surface area contributed by atoms with E-state index in [1.54, 1.807) is 0 Å². The number of nitrogens with one attached hydrogen (secondary N) is 1. The Labute approximate surface area is 121 Å². The van der Waals surface area contributed by atoms with Crippen LogP contribution >= 0.6 is 0 Å². The number of aromatic nitrogens is 1. The van der Waals surface area contributed by atoms with Gasteiger partial charge in [-0.2, -0.15) is 0 Å². The summed E-state index contributed by atoms with van der Waals surface area (Å²) in [5.41, 5.74) is 8.05. The van der Waals surface area contributed by atoms with E-state index >= 15 is 0 Å². The second kappa shape index (κ2) is 5.28. The molecule has 0 saturated heterocycles. The molecule has 1 aromatic heterocycles. The van der Waals surface area contributed by atoms with E-state index in [-0.39, 0.29) is 18.3 Å². The summed E-state index contributed by atoms with van der Waals surface area (Å²) < 4.78 is 14.6. The molecule has 2 aromatic carbocycles. The molecule has 3 rings (SSSR count). The minimum Gasteiger partial charge on any atom is -0.398 e. The molecule has 0 bridgehead atoms. The Hall–Kier alpha value is -2.82. The second-order valence-electron chi connectivity index (χ2n) is 4.78. The first-order valence-electron chi connectivity index (χ1n) is 6.52. The predicted octanol–water partition coefficient (Wildman–Crippen LogP) is 3.00. The number of nitrogens with two attached hydrogens (primary N) is 1. The highest BCUT2D eigenvalue weighted by molar-refractivity contribution is 5.94. The Morgan fingerprint density at radius 3 is 2.67 bits per heavy atom. The first-order valence-corrected chi connectivity index (χ1v) is 6.52. The van der Waals surface area contributed by atoms with E-state index < -0.39 is 0 Å². The van der Waals surface area contributed by atoms with Crippen LogP contribution < -0.4 is 11.1 Å². The lowest BCUT2D eigenvalue weighted by molar-refractivity contribution is -0.116. The summed E-state index contributed by atoms with van der Waals surface area (Å²) >= 11 is 0. The van der Waals surface area contributed by atoms with Gasteiger partial charge in [-0.05, 0) is 42.5 Å². The van der Waals surface area contributed by atoms with Crippen LogP contribution in [0, 0.1) is 5.82 Å². The van der Waals surface area contributed by atoms with E-state index in [1.807, 2.05) is 35.0 Å². The van der Waals surface area contributed by atoms with E-state index in [0.717, 1.165) is 10.9 Å². The maximum absolute atomic E-state index is 12.8. The van der Waals surface area contributed by atoms with E-state index in [4.69, 9.17) is 5.73 Å². The highest BCUT2D eigenvalue weighted by Crippen LogP contribution is 2.21. The summed E-state index contributed by atoms with van der Waals surface area (Å²) in [4.78, 5) is 12.0. The van der Waals surface area contributed by atoms with Crippen LogP contribution in [0.2, 0.25) is 0 Å². The molecule has 1 heterocycles. The molecule has 0 aliphatic rings. The number of fused-ring (bicyclic) bond motifs is 1. The molecular formula is C16H14FN3O. The van der Waals surface area contributed by atoms with Crippen molar-refractivity contribution < 1.29 is 9.18 Å². The number of carbonyl (C=O) groups is 1. The van der Waals surface area contributed by atoms with E-state index in [9.17, 15) is 9.18 Å². The predicted molar refractivity (Wildman–Crippen MR) is 81.4 cm³/mol. The van der Waals surface area contributed by atoms with Gasteiger partial charge in [0, 0.05) is 23.0 Å². The van der Waals surface area contributed by atoms with Gasteiger partial charge in [-0.1, -0.05) is 6.07 Å². The van der Waals surface area contributed by atoms with Gasteiger partial charge in [0.1, 0.15) is 12.4 Å². The summed E-state index contributed by atoms with van der Waals surface area (Å²) in [6.07, 6.45) is 1.82. The van der Waals surface area contributed by atoms with Gasteiger partial charge in [0.05, 0.1) is 5.52 Å². The molecule has 0 unspecified atom stereocenters. The van der Waals surface area contributed by atoms with Crippen molar-refractivity contribution in [3.8, 4) is 0 Å². The molecule has 0 aliphatic heterocycles. The number of carbonyl (C=O) groups excluding carboxylic acids is 1. The van der Waals surface area contributed by atoms with Crippen LogP contribution in [0.1, 0.15) is 0 Å². The van der Waals surface area contributed by atoms with Gasteiger partial charge in [0.25, 0.3) is 0 Å². The van der Waals surface area contributed by atoms with E-state index in [0.29, 0.717) is 11.4 Å². The van der Waals surface area contributed by atoms with Crippen LogP contribution in [-0.4, -0.2) is 10.5 Å². The van der Waals surface area contributed by atoms with Crippen LogP contribution in [-0.2, 0) is 11.3 Å². The fourth-order valence-corrected chi connectivity index (χ4v) is 2.27. The zero-order valence-electron chi connectivity index (χ0n) is 11.2. The smallest absolute Gasteiger partial charge is 0.244 e. The number of nitrogen functional groups attached to an aromatic ring is 1. The number of amides is 1. The van der Waals surface area contributed by atoms with Crippen LogP contribution in [0.25, 0.3) is 10.9 Å². The van der Waals surface area contributed by atoms with Crippen molar-refractivity contribution in [3.63, 3.8) is 0 Å². The van der Waals surface area contributed by atoms with Crippen molar-refractivity contribution >= 4 is 28.2 Å². The fraction of sp³-hybridized carbons (Fsp3) is 0.0625. The van der Waals surface area contributed by atoms with Gasteiger partial charge in [-0.3, -0.25) is 4.79 Å². The Bertz CT molecular complexity index is 793. The molecular weight excluding hydrogens is 269 g/mol. The van der Waals surface area contributed by atoms with Crippen molar-refractivity contribution in [2.75, 3.05) is 11.1 Å². The number of benzene rings is 2. The molecule has 0 radical (unpaired) electrons. The average Bonchev–Trinajstić information content (AvgIpc) is 2.86. The molecule has 106 valence electrons. The number of halogens is 1. The van der Waals surface area contributed by atoms with Crippen LogP contribution in [0.5, 0.6) is 0 Å². The SMILES string of the molecule is Nc1cccc2c1ccn2CC(=O)Nc1ccc(F)cc1. The normalized spacial score (nSPS) is 10.7. The third kappa shape index (κ3) is 2.72. The maximum Gasteiger partial charge on any atom is 0.244 e. The Balaban J connectivity index is 1.77. The van der Waals surface area contributed by atoms with Gasteiger partial charge in [-0.25, -0.2) is 4.39 Å². The third-order valence-corrected chi connectivity index (χ3v) is 3.29. The summed E-state index contributed by atoms with van der Waals surface area (Å²) in [5, 5.41) is 3.65. The average molecular weight is 283 g/mol. The highest BCUT2D eigenvalue weighted by atomic mass is 19.1. The van der Waals surface area contributed by atoms with Crippen LogP contribution in [0.3, 0.4) is 0 Å². The van der Waals surface area contributed by atoms with Gasteiger partial charge in [-0.15, -0.1) is 0 Å². The summed E-state index contributed by atoms with van der Waals surface area (Å²) in [5.74, 6) is -0.513. The molecule has 21 heavy (non-hydrogen) atoms. The van der Waals surface area contributed by atoms with Crippen molar-refractivity contribution in [1.82, 2.24) is 4.57 Å². The van der Waals surface area contributed by atoms with Crippen molar-refractivity contribution in [1.29, 1.82) is 0 Å². The number of hydrogen-bond acceptors (Lipinski definition) is 2. The Morgan fingerprint density at radius 2 is 1.90 bits per heavy atom. The number of hydrogen-bond donors (Lipinski definition) is 2. The molecule has 0 atom stereocenters. The van der Waals surface area contributed by atoms with Gasteiger partial charge in [0.2, 0.25) is 5.91 Å². The molecule has 0 saturated carbocycles. The van der Waals surface area contributed by atoms with Gasteiger partial charge in [0.15, 0.2) is 0 Å². The molecule has 0 fully saturated rings. The lowest BCUT2D eigenvalue weighted by Gasteiger charge is -2.07. The monoisotopic (exact) mass is 283 g/mol. The molecule has 1 amide bonds. The van der Waals surface area contributed by atoms with E-state index in [1.165, 1.54) is 24.3 Å². The molecule has 0 spiro atoms. The zero-order valence-corrected chi connectivity index (χ0v) is 11.2. The van der Waals surface area contributed by atoms with E-state index in [2.05, 4.69) is 5.32 Å². The van der Waals surface area contributed by atoms with Gasteiger partial charge < -0.3 is 15.6 Å². The Morgan fingerprint density at radius 1 is 1.14 bits per heavy atom. The van der Waals surface area contributed by atoms with Crippen LogP contribution in [0.4, 0.5) is 15.8 Å². The van der Waals surface area contributed by atoms with Crippen molar-refractivity contribution in [3.05, 3.63) is 60.5 Å². The van der Waals surface area contributed by atoms with Crippen molar-refractivity contribution in [2.45, 2.75) is 6.54 Å². The lowest BCUT2D eigenvalue weighted by Crippen LogP contribution is -2.18. The largest absolute Gasteiger partial charge is 0.398 e. The summed E-state index contributed by atoms with van der Waals surface area (Å²) in [6.45, 7) is 0.171. The molecule has 3 aromatic rings.